The standard InChI is InChI=1S/C11H15NOS/c1-8(2)12-11(14)9-6-4-5-7-10(9)13-3/h4-8H,1-3H3,(H,12,14). The summed E-state index contributed by atoms with van der Waals surface area (Å²) in [5.41, 5.74) is 0.943. The number of hydrogen-bond donors (Lipinski definition) is 1. The SMILES string of the molecule is COc1ccccc1C(=S)NC(C)C. The smallest absolute Gasteiger partial charge is 0.129 e. The molecule has 2 nitrogen and oxygen atoms in total. The van der Waals surface area contributed by atoms with E-state index in [4.69, 9.17) is 17.0 Å². The molecule has 1 N–H and O–H groups in total. The van der Waals surface area contributed by atoms with Crippen molar-refractivity contribution in [3.8, 4) is 5.75 Å². The number of methoxy groups -OCH3 is 1. The van der Waals surface area contributed by atoms with Crippen LogP contribution < -0.4 is 10.1 Å². The highest BCUT2D eigenvalue weighted by Gasteiger charge is 2.07. The van der Waals surface area contributed by atoms with Crippen molar-refractivity contribution < 1.29 is 4.74 Å². The molecule has 14 heavy (non-hydrogen) atoms. The lowest BCUT2D eigenvalue weighted by Gasteiger charge is -2.13. The van der Waals surface area contributed by atoms with Gasteiger partial charge in [0.2, 0.25) is 0 Å². The quantitative estimate of drug-likeness (QED) is 0.772. The maximum atomic E-state index is 5.26. The second kappa shape index (κ2) is 4.96. The third kappa shape index (κ3) is 2.70. The summed E-state index contributed by atoms with van der Waals surface area (Å²) >= 11 is 5.26. The van der Waals surface area contributed by atoms with E-state index in [-0.39, 0.29) is 0 Å². The van der Waals surface area contributed by atoms with Gasteiger partial charge in [0.25, 0.3) is 0 Å². The first kappa shape index (κ1) is 11.0. The molecule has 0 atom stereocenters. The highest BCUT2D eigenvalue weighted by Crippen LogP contribution is 2.17. The number of benzene rings is 1. The third-order valence-electron chi connectivity index (χ3n) is 1.77. The van der Waals surface area contributed by atoms with Crippen LogP contribution in [0.1, 0.15) is 19.4 Å². The Kier molecular flexibility index (Phi) is 3.89. The Morgan fingerprint density at radius 2 is 2.00 bits per heavy atom. The maximum Gasteiger partial charge on any atom is 0.129 e. The molecule has 0 amide bonds. The monoisotopic (exact) mass is 209 g/mol. The third-order valence-corrected chi connectivity index (χ3v) is 2.11. The van der Waals surface area contributed by atoms with Crippen LogP contribution >= 0.6 is 12.2 Å². The predicted molar refractivity (Wildman–Crippen MR) is 63.0 cm³/mol. The van der Waals surface area contributed by atoms with Gasteiger partial charge in [-0.1, -0.05) is 24.4 Å². The van der Waals surface area contributed by atoms with Gasteiger partial charge in [0.05, 0.1) is 12.7 Å². The summed E-state index contributed by atoms with van der Waals surface area (Å²) in [6.45, 7) is 4.11. The zero-order valence-corrected chi connectivity index (χ0v) is 9.52. The molecule has 0 aliphatic heterocycles. The summed E-state index contributed by atoms with van der Waals surface area (Å²) in [7, 11) is 1.65. The maximum absolute atomic E-state index is 5.26. The zero-order valence-electron chi connectivity index (χ0n) is 8.70. The molecule has 0 saturated heterocycles. The lowest BCUT2D eigenvalue weighted by molar-refractivity contribution is 0.414. The van der Waals surface area contributed by atoms with E-state index >= 15 is 0 Å². The molecule has 0 heterocycles. The van der Waals surface area contributed by atoms with Gasteiger partial charge < -0.3 is 10.1 Å². The van der Waals surface area contributed by atoms with E-state index < -0.39 is 0 Å². The largest absolute Gasteiger partial charge is 0.496 e. The zero-order chi connectivity index (χ0) is 10.6. The summed E-state index contributed by atoms with van der Waals surface area (Å²) in [6, 6.07) is 8.08. The molecule has 0 saturated carbocycles. The second-order valence-corrected chi connectivity index (χ2v) is 3.74. The number of nitrogens with one attached hydrogen (secondary N) is 1. The summed E-state index contributed by atoms with van der Waals surface area (Å²) in [5, 5.41) is 3.19. The summed E-state index contributed by atoms with van der Waals surface area (Å²) in [6.07, 6.45) is 0. The van der Waals surface area contributed by atoms with Gasteiger partial charge in [-0.25, -0.2) is 0 Å². The fourth-order valence-corrected chi connectivity index (χ4v) is 1.58. The van der Waals surface area contributed by atoms with Gasteiger partial charge in [0.1, 0.15) is 10.7 Å². The molecule has 0 aliphatic rings. The van der Waals surface area contributed by atoms with Crippen LogP contribution in [0.3, 0.4) is 0 Å². The van der Waals surface area contributed by atoms with E-state index in [0.29, 0.717) is 6.04 Å². The fraction of sp³-hybridized carbons (Fsp3) is 0.364. The number of thiocarbonyl (C=S) groups is 1. The fourth-order valence-electron chi connectivity index (χ4n) is 1.17. The van der Waals surface area contributed by atoms with Crippen molar-refractivity contribution in [2.24, 2.45) is 0 Å². The minimum absolute atomic E-state index is 0.340. The highest BCUT2D eigenvalue weighted by atomic mass is 32.1. The Balaban J connectivity index is 2.88. The number of ether oxygens (including phenoxy) is 1. The number of rotatable bonds is 3. The van der Waals surface area contributed by atoms with Crippen LogP contribution in [0, 0.1) is 0 Å². The van der Waals surface area contributed by atoms with E-state index in [1.54, 1.807) is 7.11 Å². The van der Waals surface area contributed by atoms with Gasteiger partial charge in [0, 0.05) is 6.04 Å². The lowest BCUT2D eigenvalue weighted by Crippen LogP contribution is -2.29. The van der Waals surface area contributed by atoms with Crippen molar-refractivity contribution in [1.82, 2.24) is 5.32 Å². The van der Waals surface area contributed by atoms with E-state index in [1.807, 2.05) is 24.3 Å². The molecule has 0 bridgehead atoms. The van der Waals surface area contributed by atoms with Gasteiger partial charge in [-0.05, 0) is 26.0 Å². The van der Waals surface area contributed by atoms with E-state index in [2.05, 4.69) is 19.2 Å². The van der Waals surface area contributed by atoms with Gasteiger partial charge >= 0.3 is 0 Å². The van der Waals surface area contributed by atoms with Crippen LogP contribution in [0.25, 0.3) is 0 Å². The van der Waals surface area contributed by atoms with Crippen LogP contribution in [0.2, 0.25) is 0 Å². The molecule has 0 aliphatic carbocycles. The van der Waals surface area contributed by atoms with Gasteiger partial charge in [-0.2, -0.15) is 0 Å². The molecule has 1 rings (SSSR count). The van der Waals surface area contributed by atoms with Crippen LogP contribution in [0.4, 0.5) is 0 Å². The Bertz CT molecular complexity index is 323. The Hall–Kier alpha value is -1.09. The van der Waals surface area contributed by atoms with Crippen molar-refractivity contribution in [3.63, 3.8) is 0 Å². The van der Waals surface area contributed by atoms with Gasteiger partial charge in [-0.3, -0.25) is 0 Å². The Morgan fingerprint density at radius 3 is 2.57 bits per heavy atom. The summed E-state index contributed by atoms with van der Waals surface area (Å²) in [5.74, 6) is 0.811. The molecule has 1 aromatic carbocycles. The van der Waals surface area contributed by atoms with Crippen molar-refractivity contribution in [2.75, 3.05) is 7.11 Å². The molecule has 0 spiro atoms. The Morgan fingerprint density at radius 1 is 1.36 bits per heavy atom. The first-order valence-corrected chi connectivity index (χ1v) is 5.00. The first-order chi connectivity index (χ1) is 6.65. The van der Waals surface area contributed by atoms with Crippen LogP contribution in [-0.2, 0) is 0 Å². The van der Waals surface area contributed by atoms with Gasteiger partial charge in [0.15, 0.2) is 0 Å². The van der Waals surface area contributed by atoms with Crippen LogP contribution in [0.15, 0.2) is 24.3 Å². The van der Waals surface area contributed by atoms with Crippen molar-refractivity contribution in [3.05, 3.63) is 29.8 Å². The second-order valence-electron chi connectivity index (χ2n) is 3.33. The average molecular weight is 209 g/mol. The molecule has 3 heteroatoms. The lowest BCUT2D eigenvalue weighted by atomic mass is 10.2. The van der Waals surface area contributed by atoms with Crippen molar-refractivity contribution >= 4 is 17.2 Å². The topological polar surface area (TPSA) is 21.3 Å². The van der Waals surface area contributed by atoms with Gasteiger partial charge in [-0.15, -0.1) is 0 Å². The Labute approximate surface area is 90.3 Å². The van der Waals surface area contributed by atoms with E-state index in [1.165, 1.54) is 0 Å². The van der Waals surface area contributed by atoms with Crippen LogP contribution in [0.5, 0.6) is 5.75 Å². The molecule has 0 aromatic heterocycles. The molecule has 1 aromatic rings. The molecule has 0 radical (unpaired) electrons. The van der Waals surface area contributed by atoms with Crippen molar-refractivity contribution in [2.45, 2.75) is 19.9 Å². The van der Waals surface area contributed by atoms with Crippen LogP contribution in [-0.4, -0.2) is 18.1 Å². The normalized spacial score (nSPS) is 10.0. The molecule has 76 valence electrons. The molecule has 0 fully saturated rings. The number of para-hydroxylation sites is 1. The predicted octanol–water partition coefficient (Wildman–Crippen LogP) is 2.37. The molecule has 0 unspecified atom stereocenters. The summed E-state index contributed by atoms with van der Waals surface area (Å²) < 4.78 is 5.22. The van der Waals surface area contributed by atoms with Crippen molar-refractivity contribution in [1.29, 1.82) is 0 Å². The minimum Gasteiger partial charge on any atom is -0.496 e. The average Bonchev–Trinajstić information content (AvgIpc) is 2.16. The van der Waals surface area contributed by atoms with E-state index in [9.17, 15) is 0 Å². The first-order valence-electron chi connectivity index (χ1n) is 4.59. The highest BCUT2D eigenvalue weighted by molar-refractivity contribution is 7.80. The van der Waals surface area contributed by atoms with E-state index in [0.717, 1.165) is 16.3 Å². The number of hydrogen-bond acceptors (Lipinski definition) is 2. The summed E-state index contributed by atoms with van der Waals surface area (Å²) in [4.78, 5) is 0.734. The molecular weight excluding hydrogens is 194 g/mol. The molecular formula is C11H15NOS. The minimum atomic E-state index is 0.340.